The van der Waals surface area contributed by atoms with Crippen LogP contribution >= 0.6 is 0 Å². The van der Waals surface area contributed by atoms with E-state index >= 15 is 0 Å². The number of guanidine groups is 1. The van der Waals surface area contributed by atoms with Crippen molar-refractivity contribution in [3.05, 3.63) is 65.7 Å². The van der Waals surface area contributed by atoms with E-state index in [4.69, 9.17) is 14.2 Å². The molecule has 1 aliphatic heterocycles. The smallest absolute Gasteiger partial charge is 0.193 e. The Balaban J connectivity index is 1.38. The van der Waals surface area contributed by atoms with Crippen molar-refractivity contribution in [2.75, 3.05) is 47.1 Å². The summed E-state index contributed by atoms with van der Waals surface area (Å²) in [4.78, 5) is 6.79. The van der Waals surface area contributed by atoms with Gasteiger partial charge in [-0.2, -0.15) is 0 Å². The number of methoxy groups -OCH3 is 1. The molecule has 0 spiro atoms. The largest absolute Gasteiger partial charge is 0.491 e. The first-order valence-electron chi connectivity index (χ1n) is 10.6. The molecule has 1 unspecified atom stereocenters. The van der Waals surface area contributed by atoms with Crippen LogP contribution in [0.1, 0.15) is 17.5 Å². The molecule has 6 nitrogen and oxygen atoms in total. The number of benzene rings is 2. The first-order chi connectivity index (χ1) is 14.8. The Morgan fingerprint density at radius 2 is 1.87 bits per heavy atom. The first kappa shape index (κ1) is 22.1. The highest BCUT2D eigenvalue weighted by Crippen LogP contribution is 2.18. The van der Waals surface area contributed by atoms with Crippen molar-refractivity contribution in [2.24, 2.45) is 10.9 Å². The molecule has 1 atom stereocenters. The highest BCUT2D eigenvalue weighted by Gasteiger charge is 2.24. The van der Waals surface area contributed by atoms with E-state index in [2.05, 4.69) is 39.5 Å². The molecule has 1 aliphatic rings. The Bertz CT molecular complexity index is 765. The lowest BCUT2D eigenvalue weighted by atomic mass is 10.1. The third kappa shape index (κ3) is 7.04. The zero-order valence-corrected chi connectivity index (χ0v) is 18.0. The van der Waals surface area contributed by atoms with Crippen LogP contribution in [0.15, 0.2) is 59.6 Å². The number of nitrogens with one attached hydrogen (secondary N) is 1. The average Bonchev–Trinajstić information content (AvgIpc) is 3.25. The number of ether oxygens (including phenoxy) is 3. The summed E-state index contributed by atoms with van der Waals surface area (Å²) < 4.78 is 16.5. The van der Waals surface area contributed by atoms with Crippen molar-refractivity contribution < 1.29 is 14.2 Å². The molecule has 162 valence electrons. The monoisotopic (exact) mass is 411 g/mol. The van der Waals surface area contributed by atoms with Crippen LogP contribution in [0.3, 0.4) is 0 Å². The Morgan fingerprint density at radius 1 is 1.07 bits per heavy atom. The summed E-state index contributed by atoms with van der Waals surface area (Å²) in [7, 11) is 3.51. The highest BCUT2D eigenvalue weighted by molar-refractivity contribution is 5.80. The lowest BCUT2D eigenvalue weighted by molar-refractivity contribution is 0.0906. The molecule has 2 aromatic carbocycles. The van der Waals surface area contributed by atoms with Crippen LogP contribution in [0.4, 0.5) is 0 Å². The van der Waals surface area contributed by atoms with Crippen LogP contribution < -0.4 is 10.1 Å². The maximum absolute atomic E-state index is 5.93. The van der Waals surface area contributed by atoms with Gasteiger partial charge in [0.1, 0.15) is 12.4 Å². The second kappa shape index (κ2) is 12.2. The SMILES string of the molecule is CN=C(NCc1ccc(OCCOC)cc1)N1CCC(COCc2ccccc2)C1. The number of hydrogen-bond donors (Lipinski definition) is 1. The van der Waals surface area contributed by atoms with Gasteiger partial charge in [0.05, 0.1) is 19.8 Å². The lowest BCUT2D eigenvalue weighted by Crippen LogP contribution is -2.39. The molecule has 1 heterocycles. The van der Waals surface area contributed by atoms with Crippen LogP contribution in [-0.4, -0.2) is 57.9 Å². The average molecular weight is 412 g/mol. The summed E-state index contributed by atoms with van der Waals surface area (Å²) in [6.45, 7) is 5.32. The quantitative estimate of drug-likeness (QED) is 0.369. The van der Waals surface area contributed by atoms with Gasteiger partial charge in [0, 0.05) is 39.7 Å². The Morgan fingerprint density at radius 3 is 2.60 bits per heavy atom. The standard InChI is InChI=1S/C24H33N3O3/c1-25-24(26-16-20-8-10-23(11-9-20)30-15-14-28-2)27-13-12-22(17-27)19-29-18-21-6-4-3-5-7-21/h3-11,22H,12-19H2,1-2H3,(H,25,26). The van der Waals surface area contributed by atoms with Gasteiger partial charge in [-0.25, -0.2) is 0 Å². The highest BCUT2D eigenvalue weighted by atomic mass is 16.5. The van der Waals surface area contributed by atoms with Crippen molar-refractivity contribution in [2.45, 2.75) is 19.6 Å². The topological polar surface area (TPSA) is 55.3 Å². The minimum atomic E-state index is 0.538. The third-order valence-corrected chi connectivity index (χ3v) is 5.19. The fourth-order valence-electron chi connectivity index (χ4n) is 3.54. The molecular weight excluding hydrogens is 378 g/mol. The van der Waals surface area contributed by atoms with E-state index in [9.17, 15) is 0 Å². The van der Waals surface area contributed by atoms with Crippen molar-refractivity contribution in [3.8, 4) is 5.75 Å². The second-order valence-corrected chi connectivity index (χ2v) is 7.49. The van der Waals surface area contributed by atoms with Gasteiger partial charge in [-0.05, 0) is 29.7 Å². The third-order valence-electron chi connectivity index (χ3n) is 5.19. The number of likely N-dealkylation sites (tertiary alicyclic amines) is 1. The molecule has 30 heavy (non-hydrogen) atoms. The summed E-state index contributed by atoms with van der Waals surface area (Å²) in [5.74, 6) is 2.34. The van der Waals surface area contributed by atoms with Gasteiger partial charge >= 0.3 is 0 Å². The minimum Gasteiger partial charge on any atom is -0.491 e. The Labute approximate surface area is 179 Å². The van der Waals surface area contributed by atoms with Gasteiger partial charge in [-0.1, -0.05) is 42.5 Å². The molecule has 6 heteroatoms. The van der Waals surface area contributed by atoms with Crippen LogP contribution in [-0.2, 0) is 22.6 Å². The number of rotatable bonds is 10. The number of aliphatic imine (C=N–C) groups is 1. The van der Waals surface area contributed by atoms with E-state index in [1.165, 1.54) is 11.1 Å². The zero-order valence-electron chi connectivity index (χ0n) is 18.0. The van der Waals surface area contributed by atoms with Crippen LogP contribution in [0.25, 0.3) is 0 Å². The maximum Gasteiger partial charge on any atom is 0.193 e. The summed E-state index contributed by atoms with van der Waals surface area (Å²) in [5.41, 5.74) is 2.41. The van der Waals surface area contributed by atoms with Gasteiger partial charge in [0.2, 0.25) is 0 Å². The fourth-order valence-corrected chi connectivity index (χ4v) is 3.54. The molecular formula is C24H33N3O3. The maximum atomic E-state index is 5.93. The van der Waals surface area contributed by atoms with E-state index < -0.39 is 0 Å². The van der Waals surface area contributed by atoms with Crippen molar-refractivity contribution in [1.82, 2.24) is 10.2 Å². The minimum absolute atomic E-state index is 0.538. The van der Waals surface area contributed by atoms with Crippen LogP contribution in [0.2, 0.25) is 0 Å². The molecule has 2 aromatic rings. The molecule has 0 amide bonds. The molecule has 0 aliphatic carbocycles. The fraction of sp³-hybridized carbons (Fsp3) is 0.458. The lowest BCUT2D eigenvalue weighted by Gasteiger charge is -2.22. The van der Waals surface area contributed by atoms with Gasteiger partial charge in [0.25, 0.3) is 0 Å². The van der Waals surface area contributed by atoms with Crippen LogP contribution in [0.5, 0.6) is 5.75 Å². The molecule has 1 fully saturated rings. The second-order valence-electron chi connectivity index (χ2n) is 7.49. The summed E-state index contributed by atoms with van der Waals surface area (Å²) in [6.07, 6.45) is 1.13. The van der Waals surface area contributed by atoms with E-state index in [-0.39, 0.29) is 0 Å². The molecule has 1 saturated heterocycles. The van der Waals surface area contributed by atoms with Gasteiger partial charge < -0.3 is 24.4 Å². The predicted octanol–water partition coefficient (Wildman–Crippen LogP) is 3.33. The molecule has 1 N–H and O–H groups in total. The molecule has 0 saturated carbocycles. The Hall–Kier alpha value is -2.57. The number of nitrogens with zero attached hydrogens (tertiary/aromatic N) is 2. The zero-order chi connectivity index (χ0) is 21.0. The van der Waals surface area contributed by atoms with Gasteiger partial charge in [-0.3, -0.25) is 4.99 Å². The van der Waals surface area contributed by atoms with E-state index in [0.29, 0.717) is 25.7 Å². The molecule has 0 aromatic heterocycles. The van der Waals surface area contributed by atoms with Gasteiger partial charge in [0.15, 0.2) is 5.96 Å². The molecule has 0 radical (unpaired) electrons. The van der Waals surface area contributed by atoms with Crippen LogP contribution in [0, 0.1) is 5.92 Å². The van der Waals surface area contributed by atoms with E-state index in [1.54, 1.807) is 7.11 Å². The normalized spacial score (nSPS) is 16.7. The number of hydrogen-bond acceptors (Lipinski definition) is 4. The Kier molecular flexibility index (Phi) is 9.00. The van der Waals surface area contributed by atoms with E-state index in [0.717, 1.165) is 44.4 Å². The summed E-state index contributed by atoms with van der Waals surface area (Å²) >= 11 is 0. The van der Waals surface area contributed by atoms with Crippen molar-refractivity contribution >= 4 is 5.96 Å². The summed E-state index contributed by atoms with van der Waals surface area (Å²) in [6, 6.07) is 18.5. The van der Waals surface area contributed by atoms with E-state index in [1.807, 2.05) is 37.4 Å². The van der Waals surface area contributed by atoms with Gasteiger partial charge in [-0.15, -0.1) is 0 Å². The molecule has 3 rings (SSSR count). The summed E-state index contributed by atoms with van der Waals surface area (Å²) in [5, 5.41) is 3.48. The predicted molar refractivity (Wildman–Crippen MR) is 120 cm³/mol. The van der Waals surface area contributed by atoms with Crippen molar-refractivity contribution in [1.29, 1.82) is 0 Å². The van der Waals surface area contributed by atoms with Crippen molar-refractivity contribution in [3.63, 3.8) is 0 Å². The molecule has 0 bridgehead atoms. The first-order valence-corrected chi connectivity index (χ1v) is 10.6.